The molecule has 1 N–H and O–H groups in total. The number of carbonyl (C=O) groups is 1. The zero-order chi connectivity index (χ0) is 18.9. The molecule has 1 aromatic carbocycles. The molecule has 1 aromatic rings. The maximum atomic E-state index is 11.8. The minimum Gasteiger partial charge on any atom is -0.508 e. The van der Waals surface area contributed by atoms with Gasteiger partial charge in [-0.25, -0.2) is 4.79 Å². The third kappa shape index (κ3) is 11.7. The van der Waals surface area contributed by atoms with Gasteiger partial charge < -0.3 is 9.84 Å². The van der Waals surface area contributed by atoms with Crippen molar-refractivity contribution in [3.8, 4) is 5.75 Å². The van der Waals surface area contributed by atoms with Crippen molar-refractivity contribution in [2.24, 2.45) is 0 Å². The van der Waals surface area contributed by atoms with Crippen molar-refractivity contribution in [3.63, 3.8) is 0 Å². The summed E-state index contributed by atoms with van der Waals surface area (Å²) < 4.78 is 5.25. The summed E-state index contributed by atoms with van der Waals surface area (Å²) in [7, 11) is 0. The van der Waals surface area contributed by atoms with Crippen molar-refractivity contribution < 1.29 is 14.6 Å². The lowest BCUT2D eigenvalue weighted by Gasteiger charge is -2.05. The first-order valence-electron chi connectivity index (χ1n) is 10.3. The number of hydrogen-bond donors (Lipinski definition) is 1. The van der Waals surface area contributed by atoms with Crippen molar-refractivity contribution >= 4 is 5.97 Å². The van der Waals surface area contributed by atoms with E-state index in [-0.39, 0.29) is 11.7 Å². The fourth-order valence-electron chi connectivity index (χ4n) is 2.85. The zero-order valence-electron chi connectivity index (χ0n) is 16.4. The van der Waals surface area contributed by atoms with Crippen LogP contribution in [0, 0.1) is 0 Å². The number of aromatic hydroxyl groups is 1. The highest BCUT2D eigenvalue weighted by atomic mass is 16.5. The summed E-state index contributed by atoms with van der Waals surface area (Å²) in [6.07, 6.45) is 19.6. The Morgan fingerprint density at radius 2 is 1.38 bits per heavy atom. The summed E-state index contributed by atoms with van der Waals surface area (Å²) in [5.41, 5.74) is 0.489. The fraction of sp³-hybridized carbons (Fsp3) is 0.609. The largest absolute Gasteiger partial charge is 0.508 e. The van der Waals surface area contributed by atoms with Crippen molar-refractivity contribution in [2.75, 3.05) is 6.61 Å². The number of ether oxygens (including phenoxy) is 1. The minimum absolute atomic E-state index is 0.158. The van der Waals surface area contributed by atoms with Crippen LogP contribution in [-0.4, -0.2) is 17.7 Å². The molecule has 0 heterocycles. The van der Waals surface area contributed by atoms with Crippen LogP contribution in [0.2, 0.25) is 0 Å². The summed E-state index contributed by atoms with van der Waals surface area (Å²) in [5.74, 6) is -0.153. The van der Waals surface area contributed by atoms with Gasteiger partial charge in [0.1, 0.15) is 5.75 Å². The third-order valence-electron chi connectivity index (χ3n) is 4.47. The SMILES string of the molecule is CCC/C=C/CCCCCCCCCCCOC(=O)c1ccc(O)cc1. The van der Waals surface area contributed by atoms with Crippen LogP contribution in [0.3, 0.4) is 0 Å². The standard InChI is InChI=1S/C23H36O3/c1-2-3-4-5-6-7-8-9-10-11-12-13-14-15-20-26-23(25)21-16-18-22(24)19-17-21/h4-5,16-19,24H,2-3,6-15,20H2,1H3/b5-4+. The van der Waals surface area contributed by atoms with Crippen LogP contribution in [0.15, 0.2) is 36.4 Å². The quantitative estimate of drug-likeness (QED) is 0.212. The van der Waals surface area contributed by atoms with Gasteiger partial charge in [0.05, 0.1) is 12.2 Å². The van der Waals surface area contributed by atoms with Gasteiger partial charge in [-0.3, -0.25) is 0 Å². The van der Waals surface area contributed by atoms with Crippen LogP contribution in [0.5, 0.6) is 5.75 Å². The van der Waals surface area contributed by atoms with Gasteiger partial charge in [0, 0.05) is 0 Å². The number of benzene rings is 1. The Balaban J connectivity index is 1.85. The molecule has 0 radical (unpaired) electrons. The Morgan fingerprint density at radius 1 is 0.846 bits per heavy atom. The van der Waals surface area contributed by atoms with E-state index in [2.05, 4.69) is 19.1 Å². The predicted molar refractivity (Wildman–Crippen MR) is 109 cm³/mol. The molecule has 0 saturated carbocycles. The van der Waals surface area contributed by atoms with E-state index in [4.69, 9.17) is 4.74 Å². The van der Waals surface area contributed by atoms with Gasteiger partial charge >= 0.3 is 5.97 Å². The highest BCUT2D eigenvalue weighted by Gasteiger charge is 2.06. The molecule has 0 saturated heterocycles. The molecular formula is C23H36O3. The lowest BCUT2D eigenvalue weighted by Crippen LogP contribution is -2.06. The maximum absolute atomic E-state index is 11.8. The topological polar surface area (TPSA) is 46.5 Å². The van der Waals surface area contributed by atoms with E-state index < -0.39 is 0 Å². The Hall–Kier alpha value is -1.77. The second kappa shape index (κ2) is 15.5. The highest BCUT2D eigenvalue weighted by Crippen LogP contribution is 2.12. The van der Waals surface area contributed by atoms with Crippen molar-refractivity contribution in [1.29, 1.82) is 0 Å². The van der Waals surface area contributed by atoms with Crippen molar-refractivity contribution in [2.45, 2.75) is 84.0 Å². The van der Waals surface area contributed by atoms with E-state index in [0.29, 0.717) is 12.2 Å². The molecule has 0 bridgehead atoms. The number of phenolic OH excluding ortho intramolecular Hbond substituents is 1. The molecule has 0 unspecified atom stereocenters. The fourth-order valence-corrected chi connectivity index (χ4v) is 2.85. The number of unbranched alkanes of at least 4 members (excludes halogenated alkanes) is 10. The molecular weight excluding hydrogens is 324 g/mol. The Morgan fingerprint density at radius 3 is 2.00 bits per heavy atom. The summed E-state index contributed by atoms with van der Waals surface area (Å²) in [6, 6.07) is 6.16. The third-order valence-corrected chi connectivity index (χ3v) is 4.47. The maximum Gasteiger partial charge on any atom is 0.338 e. The molecule has 0 aliphatic heterocycles. The second-order valence-corrected chi connectivity index (χ2v) is 6.91. The molecule has 1 rings (SSSR count). The van der Waals surface area contributed by atoms with E-state index in [1.807, 2.05) is 0 Å². The average molecular weight is 361 g/mol. The summed E-state index contributed by atoms with van der Waals surface area (Å²) in [4.78, 5) is 11.8. The van der Waals surface area contributed by atoms with Crippen molar-refractivity contribution in [1.82, 2.24) is 0 Å². The Kier molecular flexibility index (Phi) is 13.3. The van der Waals surface area contributed by atoms with E-state index in [1.165, 1.54) is 76.3 Å². The van der Waals surface area contributed by atoms with Crippen LogP contribution >= 0.6 is 0 Å². The molecule has 0 aliphatic rings. The zero-order valence-corrected chi connectivity index (χ0v) is 16.4. The van der Waals surface area contributed by atoms with E-state index in [9.17, 15) is 9.90 Å². The number of carbonyl (C=O) groups excluding carboxylic acids is 1. The summed E-state index contributed by atoms with van der Waals surface area (Å²) in [5, 5.41) is 9.20. The molecule has 0 atom stereocenters. The van der Waals surface area contributed by atoms with Crippen LogP contribution in [0.4, 0.5) is 0 Å². The van der Waals surface area contributed by atoms with Crippen LogP contribution in [0.1, 0.15) is 94.3 Å². The van der Waals surface area contributed by atoms with E-state index >= 15 is 0 Å². The van der Waals surface area contributed by atoms with Gasteiger partial charge in [-0.15, -0.1) is 0 Å². The van der Waals surface area contributed by atoms with Gasteiger partial charge in [0.15, 0.2) is 0 Å². The lowest BCUT2D eigenvalue weighted by atomic mass is 10.1. The van der Waals surface area contributed by atoms with Gasteiger partial charge in [0.25, 0.3) is 0 Å². The summed E-state index contributed by atoms with van der Waals surface area (Å²) >= 11 is 0. The first-order chi connectivity index (χ1) is 12.7. The lowest BCUT2D eigenvalue weighted by molar-refractivity contribution is 0.0497. The smallest absolute Gasteiger partial charge is 0.338 e. The monoisotopic (exact) mass is 360 g/mol. The molecule has 0 aliphatic carbocycles. The van der Waals surface area contributed by atoms with Gasteiger partial charge in [-0.2, -0.15) is 0 Å². The van der Waals surface area contributed by atoms with Crippen LogP contribution in [-0.2, 0) is 4.74 Å². The molecule has 146 valence electrons. The highest BCUT2D eigenvalue weighted by molar-refractivity contribution is 5.89. The molecule has 0 amide bonds. The number of esters is 1. The average Bonchev–Trinajstić information content (AvgIpc) is 2.65. The molecule has 26 heavy (non-hydrogen) atoms. The predicted octanol–water partition coefficient (Wildman–Crippen LogP) is 6.81. The van der Waals surface area contributed by atoms with Crippen LogP contribution < -0.4 is 0 Å². The molecule has 0 spiro atoms. The number of rotatable bonds is 15. The van der Waals surface area contributed by atoms with Gasteiger partial charge in [-0.1, -0.05) is 70.4 Å². The van der Waals surface area contributed by atoms with Gasteiger partial charge in [0.2, 0.25) is 0 Å². The Labute approximate surface area is 159 Å². The second-order valence-electron chi connectivity index (χ2n) is 6.91. The number of allylic oxidation sites excluding steroid dienone is 2. The minimum atomic E-state index is -0.311. The summed E-state index contributed by atoms with van der Waals surface area (Å²) in [6.45, 7) is 2.69. The first-order valence-corrected chi connectivity index (χ1v) is 10.3. The number of hydrogen-bond acceptors (Lipinski definition) is 3. The van der Waals surface area contributed by atoms with E-state index in [0.717, 1.165) is 12.8 Å². The molecule has 0 aromatic heterocycles. The number of phenols is 1. The van der Waals surface area contributed by atoms with Crippen LogP contribution in [0.25, 0.3) is 0 Å². The normalized spacial score (nSPS) is 11.1. The molecule has 0 fully saturated rings. The van der Waals surface area contributed by atoms with Crippen molar-refractivity contribution in [3.05, 3.63) is 42.0 Å². The molecule has 3 nitrogen and oxygen atoms in total. The Bertz CT molecular complexity index is 491. The van der Waals surface area contributed by atoms with E-state index in [1.54, 1.807) is 12.1 Å². The first kappa shape index (κ1) is 22.3. The van der Waals surface area contributed by atoms with Gasteiger partial charge in [-0.05, 0) is 49.9 Å². The molecule has 3 heteroatoms.